The van der Waals surface area contributed by atoms with Crippen molar-refractivity contribution in [1.29, 1.82) is 0 Å². The van der Waals surface area contributed by atoms with E-state index >= 15 is 0 Å². The molecule has 2 saturated heterocycles. The molecule has 2 aliphatic heterocycles. The number of amides is 1. The van der Waals surface area contributed by atoms with Crippen molar-refractivity contribution >= 4 is 38.5 Å². The van der Waals surface area contributed by atoms with Gasteiger partial charge in [-0.05, 0) is 31.7 Å². The molecule has 0 spiro atoms. The van der Waals surface area contributed by atoms with E-state index in [0.717, 1.165) is 35.4 Å². The van der Waals surface area contributed by atoms with Crippen LogP contribution in [0.4, 0.5) is 5.82 Å². The third kappa shape index (κ3) is 3.95. The van der Waals surface area contributed by atoms with Crippen LogP contribution in [0, 0.1) is 0 Å². The van der Waals surface area contributed by atoms with Crippen LogP contribution in [0.25, 0.3) is 27.5 Å². The number of thiazole rings is 1. The lowest BCUT2D eigenvalue weighted by molar-refractivity contribution is 0.0556. The van der Waals surface area contributed by atoms with Gasteiger partial charge in [-0.1, -0.05) is 6.07 Å². The lowest BCUT2D eigenvalue weighted by Gasteiger charge is -2.38. The molecule has 2 unspecified atom stereocenters. The number of sulfone groups is 1. The van der Waals surface area contributed by atoms with Crippen LogP contribution < -0.4 is 5.73 Å². The van der Waals surface area contributed by atoms with E-state index in [0.29, 0.717) is 29.7 Å². The van der Waals surface area contributed by atoms with Crippen LogP contribution in [-0.4, -0.2) is 77.3 Å². The Bertz CT molecular complexity index is 1820. The summed E-state index contributed by atoms with van der Waals surface area (Å²) in [5.41, 5.74) is 9.58. The van der Waals surface area contributed by atoms with Crippen LogP contribution in [0.15, 0.2) is 47.3 Å². The molecule has 0 radical (unpaired) electrons. The molecule has 204 valence electrons. The quantitative estimate of drug-likeness (QED) is 0.316. The number of nitrogens with two attached hydrogens (primary N) is 1. The minimum Gasteiger partial charge on any atom is -0.382 e. The molecule has 5 aromatic rings. The van der Waals surface area contributed by atoms with E-state index in [-0.39, 0.29) is 40.4 Å². The van der Waals surface area contributed by atoms with Crippen LogP contribution in [0.2, 0.25) is 0 Å². The van der Waals surface area contributed by atoms with Gasteiger partial charge >= 0.3 is 0 Å². The van der Waals surface area contributed by atoms with Gasteiger partial charge in [0.1, 0.15) is 22.0 Å². The molecule has 3 atom stereocenters. The Morgan fingerprint density at radius 2 is 1.95 bits per heavy atom. The molecular weight excluding hydrogens is 552 g/mol. The Morgan fingerprint density at radius 1 is 1.15 bits per heavy atom. The first-order chi connectivity index (χ1) is 19.3. The lowest BCUT2D eigenvalue weighted by Crippen LogP contribution is -2.46. The van der Waals surface area contributed by atoms with Crippen molar-refractivity contribution in [1.82, 2.24) is 44.6 Å². The first-order valence-electron chi connectivity index (χ1n) is 12.7. The van der Waals surface area contributed by atoms with E-state index in [1.54, 1.807) is 18.6 Å². The number of aromatic nitrogens is 8. The Labute approximate surface area is 232 Å². The van der Waals surface area contributed by atoms with E-state index in [4.69, 9.17) is 10.7 Å². The Hall–Kier alpha value is -4.24. The number of H-pyrrole nitrogens is 1. The molecule has 3 N–H and O–H groups in total. The molecule has 0 aromatic carbocycles. The van der Waals surface area contributed by atoms with Crippen LogP contribution in [0.5, 0.6) is 0 Å². The van der Waals surface area contributed by atoms with E-state index in [2.05, 4.69) is 30.2 Å². The maximum atomic E-state index is 13.1. The SMILES string of the molecule is CS(=O)(=O)c1c(C2CC3CC[C@H](C2)N3C(=O)c2nnc[nH]2)nc2c(-c3ccc(-c4nccs4)nc3)cnn2c1N. The van der Waals surface area contributed by atoms with E-state index in [1.807, 2.05) is 22.4 Å². The molecule has 2 aliphatic rings. The van der Waals surface area contributed by atoms with Gasteiger partial charge in [-0.2, -0.15) is 9.61 Å². The van der Waals surface area contributed by atoms with Crippen LogP contribution in [0.3, 0.4) is 0 Å². The van der Waals surface area contributed by atoms with E-state index < -0.39 is 9.84 Å². The molecular formula is C25H24N10O3S2. The summed E-state index contributed by atoms with van der Waals surface area (Å²) in [6, 6.07) is 3.66. The molecule has 13 nitrogen and oxygen atoms in total. The van der Waals surface area contributed by atoms with Gasteiger partial charge in [-0.3, -0.25) is 9.78 Å². The zero-order valence-electron chi connectivity index (χ0n) is 21.3. The highest BCUT2D eigenvalue weighted by Gasteiger charge is 2.46. The highest BCUT2D eigenvalue weighted by Crippen LogP contribution is 2.45. The number of hydrogen-bond donors (Lipinski definition) is 2. The summed E-state index contributed by atoms with van der Waals surface area (Å²) in [6.07, 6.45) is 10.4. The average molecular weight is 577 g/mol. The van der Waals surface area contributed by atoms with Crippen molar-refractivity contribution in [3.8, 4) is 21.8 Å². The topological polar surface area (TPSA) is 178 Å². The second kappa shape index (κ2) is 9.16. The monoisotopic (exact) mass is 576 g/mol. The number of nitrogen functional groups attached to an aromatic ring is 1. The predicted octanol–water partition coefficient (Wildman–Crippen LogP) is 2.57. The number of nitrogens with one attached hydrogen (secondary N) is 1. The summed E-state index contributed by atoms with van der Waals surface area (Å²) in [5, 5.41) is 14.7. The van der Waals surface area contributed by atoms with Crippen molar-refractivity contribution in [2.75, 3.05) is 12.0 Å². The van der Waals surface area contributed by atoms with Gasteiger partial charge in [0.15, 0.2) is 15.5 Å². The standard InChI is InChI=1S/C25H24N10O3S2/c1-40(37,38)20-19(14-8-15-3-4-16(9-14)34(15)25(36)22-29-12-30-33-22)32-23-17(11-31-35(23)21(20)26)13-2-5-18(28-10-13)24-27-6-7-39-24/h2,5-7,10-12,14-16H,3-4,8-9,26H2,1H3,(H,29,30,33)/t14?,15-,16?/m1/s1. The van der Waals surface area contributed by atoms with E-state index in [9.17, 15) is 13.2 Å². The lowest BCUT2D eigenvalue weighted by atomic mass is 9.87. The van der Waals surface area contributed by atoms with Crippen LogP contribution in [0.1, 0.15) is 47.9 Å². The fraction of sp³-hybridized carbons (Fsp3) is 0.320. The van der Waals surface area contributed by atoms with Crippen molar-refractivity contribution < 1.29 is 13.2 Å². The smallest absolute Gasteiger partial charge is 0.292 e. The van der Waals surface area contributed by atoms with E-state index in [1.165, 1.54) is 22.2 Å². The fourth-order valence-corrected chi connectivity index (χ4v) is 7.74. The molecule has 5 aromatic heterocycles. The molecule has 40 heavy (non-hydrogen) atoms. The summed E-state index contributed by atoms with van der Waals surface area (Å²) in [5.74, 6) is -0.175. The van der Waals surface area contributed by atoms with Gasteiger partial charge in [-0.15, -0.1) is 21.5 Å². The molecule has 2 bridgehead atoms. The number of pyridine rings is 1. The number of anilines is 1. The second-order valence-electron chi connectivity index (χ2n) is 10.1. The summed E-state index contributed by atoms with van der Waals surface area (Å²) < 4.78 is 27.4. The maximum absolute atomic E-state index is 13.1. The molecule has 7 heterocycles. The van der Waals surface area contributed by atoms with Gasteiger partial charge < -0.3 is 15.6 Å². The number of rotatable bonds is 5. The van der Waals surface area contributed by atoms with Gasteiger partial charge in [0.25, 0.3) is 5.91 Å². The van der Waals surface area contributed by atoms with Gasteiger partial charge in [0, 0.05) is 53.2 Å². The third-order valence-corrected chi connectivity index (χ3v) is 9.69. The first-order valence-corrected chi connectivity index (χ1v) is 15.5. The zero-order valence-corrected chi connectivity index (χ0v) is 22.9. The third-order valence-electron chi connectivity index (χ3n) is 7.73. The largest absolute Gasteiger partial charge is 0.382 e. The highest BCUT2D eigenvalue weighted by atomic mass is 32.2. The summed E-state index contributed by atoms with van der Waals surface area (Å²) in [4.78, 5) is 31.6. The molecule has 7 rings (SSSR count). The first kappa shape index (κ1) is 24.8. The average Bonchev–Trinajstić information content (AvgIpc) is 3.74. The molecule has 1 amide bonds. The van der Waals surface area contributed by atoms with Crippen LogP contribution in [-0.2, 0) is 9.84 Å². The number of piperidine rings is 1. The highest BCUT2D eigenvalue weighted by molar-refractivity contribution is 7.91. The van der Waals surface area contributed by atoms with Gasteiger partial charge in [0.05, 0.1) is 17.6 Å². The molecule has 0 aliphatic carbocycles. The van der Waals surface area contributed by atoms with Gasteiger partial charge in [0.2, 0.25) is 5.82 Å². The minimum atomic E-state index is -3.74. The number of carbonyl (C=O) groups is 1. The number of fused-ring (bicyclic) bond motifs is 3. The second-order valence-corrected chi connectivity index (χ2v) is 13.0. The number of hydrogen-bond acceptors (Lipinski definition) is 11. The van der Waals surface area contributed by atoms with Crippen molar-refractivity contribution in [3.63, 3.8) is 0 Å². The van der Waals surface area contributed by atoms with Crippen molar-refractivity contribution in [3.05, 3.63) is 53.9 Å². The number of aromatic amines is 1. The normalized spacial score (nSPS) is 20.8. The Balaban J connectivity index is 1.29. The Morgan fingerprint density at radius 3 is 2.58 bits per heavy atom. The van der Waals surface area contributed by atoms with Crippen molar-refractivity contribution in [2.24, 2.45) is 0 Å². The predicted molar refractivity (Wildman–Crippen MR) is 146 cm³/mol. The summed E-state index contributed by atoms with van der Waals surface area (Å²) in [7, 11) is -3.74. The minimum absolute atomic E-state index is 0.00805. The zero-order chi connectivity index (χ0) is 27.6. The summed E-state index contributed by atoms with van der Waals surface area (Å²) in [6.45, 7) is 0. The fourth-order valence-electron chi connectivity index (χ4n) is 6.07. The Kier molecular flexibility index (Phi) is 5.67. The molecule has 0 saturated carbocycles. The number of carbonyl (C=O) groups excluding carboxylic acids is 1. The van der Waals surface area contributed by atoms with Crippen molar-refractivity contribution in [2.45, 2.75) is 48.6 Å². The van der Waals surface area contributed by atoms with Gasteiger partial charge in [-0.25, -0.2) is 18.4 Å². The molecule has 2 fully saturated rings. The number of nitrogens with zero attached hydrogens (tertiary/aromatic N) is 8. The maximum Gasteiger partial charge on any atom is 0.292 e. The summed E-state index contributed by atoms with van der Waals surface area (Å²) >= 11 is 1.50. The van der Waals surface area contributed by atoms with Crippen LogP contribution >= 0.6 is 11.3 Å². The molecule has 15 heteroatoms.